The molecule has 5 heteroatoms. The van der Waals surface area contributed by atoms with Gasteiger partial charge in [0.1, 0.15) is 11.4 Å². The Morgan fingerprint density at radius 1 is 1.60 bits per heavy atom. The van der Waals surface area contributed by atoms with Crippen LogP contribution in [0.1, 0.15) is 19.4 Å². The van der Waals surface area contributed by atoms with Crippen molar-refractivity contribution in [3.63, 3.8) is 0 Å². The standard InChI is InChI=1S/C10H13BrN2O2/c1-6-4-8(12-5-7(6)11)13-9(14)10(2,3)15/h4-5,15H,1-3H3,(H,12,13,14). The minimum atomic E-state index is -1.40. The normalized spacial score (nSPS) is 11.3. The third kappa shape index (κ3) is 3.28. The Bertz CT molecular complexity index is 385. The number of aromatic nitrogens is 1. The van der Waals surface area contributed by atoms with Gasteiger partial charge in [-0.05, 0) is 48.3 Å². The summed E-state index contributed by atoms with van der Waals surface area (Å²) in [5.41, 5.74) is -0.432. The van der Waals surface area contributed by atoms with Crippen LogP contribution in [-0.4, -0.2) is 21.6 Å². The van der Waals surface area contributed by atoms with Crippen molar-refractivity contribution in [1.29, 1.82) is 0 Å². The lowest BCUT2D eigenvalue weighted by molar-refractivity contribution is -0.130. The van der Waals surface area contributed by atoms with E-state index in [1.165, 1.54) is 13.8 Å². The average Bonchev–Trinajstić information content (AvgIpc) is 2.10. The number of hydrogen-bond donors (Lipinski definition) is 2. The van der Waals surface area contributed by atoms with Crippen molar-refractivity contribution in [3.05, 3.63) is 22.3 Å². The third-order valence-electron chi connectivity index (χ3n) is 1.84. The highest BCUT2D eigenvalue weighted by atomic mass is 79.9. The second-order valence-electron chi connectivity index (χ2n) is 3.83. The summed E-state index contributed by atoms with van der Waals surface area (Å²) >= 11 is 3.31. The molecule has 0 aromatic carbocycles. The minimum absolute atomic E-state index is 0.433. The third-order valence-corrected chi connectivity index (χ3v) is 2.67. The second-order valence-corrected chi connectivity index (χ2v) is 4.69. The SMILES string of the molecule is Cc1cc(NC(=O)C(C)(C)O)ncc1Br. The number of carbonyl (C=O) groups is 1. The number of amides is 1. The van der Waals surface area contributed by atoms with Gasteiger partial charge in [0, 0.05) is 10.7 Å². The number of carbonyl (C=O) groups excluding carboxylic acids is 1. The molecule has 2 N–H and O–H groups in total. The Labute approximate surface area is 96.8 Å². The van der Waals surface area contributed by atoms with Gasteiger partial charge in [-0.1, -0.05) is 0 Å². The monoisotopic (exact) mass is 272 g/mol. The van der Waals surface area contributed by atoms with Gasteiger partial charge < -0.3 is 10.4 Å². The number of aliphatic hydroxyl groups is 1. The molecule has 0 aliphatic carbocycles. The Hall–Kier alpha value is -0.940. The van der Waals surface area contributed by atoms with E-state index in [2.05, 4.69) is 26.2 Å². The Kier molecular flexibility index (Phi) is 3.46. The number of aryl methyl sites for hydroxylation is 1. The predicted molar refractivity (Wildman–Crippen MR) is 61.6 cm³/mol. The fourth-order valence-corrected chi connectivity index (χ4v) is 1.09. The first-order chi connectivity index (χ1) is 6.80. The van der Waals surface area contributed by atoms with Crippen molar-refractivity contribution in [1.82, 2.24) is 4.98 Å². The van der Waals surface area contributed by atoms with E-state index in [0.717, 1.165) is 10.0 Å². The molecular weight excluding hydrogens is 260 g/mol. The van der Waals surface area contributed by atoms with E-state index < -0.39 is 11.5 Å². The van der Waals surface area contributed by atoms with Crippen molar-refractivity contribution in [3.8, 4) is 0 Å². The molecule has 0 spiro atoms. The lowest BCUT2D eigenvalue weighted by Crippen LogP contribution is -2.36. The molecule has 1 aromatic heterocycles. The smallest absolute Gasteiger partial charge is 0.256 e. The van der Waals surface area contributed by atoms with E-state index in [1.54, 1.807) is 12.3 Å². The van der Waals surface area contributed by atoms with E-state index >= 15 is 0 Å². The molecule has 0 bridgehead atoms. The minimum Gasteiger partial charge on any atom is -0.381 e. The molecule has 1 aromatic rings. The van der Waals surface area contributed by atoms with Gasteiger partial charge in [0.25, 0.3) is 5.91 Å². The number of nitrogens with zero attached hydrogens (tertiary/aromatic N) is 1. The summed E-state index contributed by atoms with van der Waals surface area (Å²) in [6, 6.07) is 1.73. The molecule has 0 aliphatic heterocycles. The van der Waals surface area contributed by atoms with Crippen LogP contribution in [0.15, 0.2) is 16.7 Å². The summed E-state index contributed by atoms with van der Waals surface area (Å²) in [6.45, 7) is 4.74. The van der Waals surface area contributed by atoms with Crippen LogP contribution in [0, 0.1) is 6.92 Å². The van der Waals surface area contributed by atoms with Crippen molar-refractivity contribution in [2.75, 3.05) is 5.32 Å². The molecule has 0 aliphatic rings. The van der Waals surface area contributed by atoms with E-state index in [4.69, 9.17) is 0 Å². The predicted octanol–water partition coefficient (Wildman–Crippen LogP) is 1.86. The number of nitrogens with one attached hydrogen (secondary N) is 1. The van der Waals surface area contributed by atoms with Gasteiger partial charge in [0.2, 0.25) is 0 Å². The zero-order chi connectivity index (χ0) is 11.6. The highest BCUT2D eigenvalue weighted by molar-refractivity contribution is 9.10. The Morgan fingerprint density at radius 3 is 2.67 bits per heavy atom. The van der Waals surface area contributed by atoms with E-state index in [0.29, 0.717) is 5.82 Å². The maximum absolute atomic E-state index is 11.4. The maximum Gasteiger partial charge on any atom is 0.256 e. The quantitative estimate of drug-likeness (QED) is 0.864. The first kappa shape index (κ1) is 12.1. The van der Waals surface area contributed by atoms with Gasteiger partial charge in [0.15, 0.2) is 0 Å². The van der Waals surface area contributed by atoms with Crippen LogP contribution in [0.4, 0.5) is 5.82 Å². The molecule has 82 valence electrons. The fraction of sp³-hybridized carbons (Fsp3) is 0.400. The van der Waals surface area contributed by atoms with Crippen LogP contribution < -0.4 is 5.32 Å². The van der Waals surface area contributed by atoms with Crippen LogP contribution in [0.25, 0.3) is 0 Å². The van der Waals surface area contributed by atoms with Crippen LogP contribution in [-0.2, 0) is 4.79 Å². The Morgan fingerprint density at radius 2 is 2.20 bits per heavy atom. The van der Waals surface area contributed by atoms with Crippen molar-refractivity contribution in [2.24, 2.45) is 0 Å². The molecule has 0 atom stereocenters. The second kappa shape index (κ2) is 4.28. The van der Waals surface area contributed by atoms with E-state index in [9.17, 15) is 9.90 Å². The number of halogens is 1. The highest BCUT2D eigenvalue weighted by Crippen LogP contribution is 2.17. The lowest BCUT2D eigenvalue weighted by Gasteiger charge is -2.16. The molecule has 1 rings (SSSR count). The summed E-state index contributed by atoms with van der Waals surface area (Å²) in [7, 11) is 0. The summed E-state index contributed by atoms with van der Waals surface area (Å²) in [6.07, 6.45) is 1.61. The van der Waals surface area contributed by atoms with Gasteiger partial charge >= 0.3 is 0 Å². The number of rotatable bonds is 2. The first-order valence-electron chi connectivity index (χ1n) is 4.46. The summed E-state index contributed by atoms with van der Waals surface area (Å²) < 4.78 is 0.878. The van der Waals surface area contributed by atoms with Crippen LogP contribution >= 0.6 is 15.9 Å². The molecule has 4 nitrogen and oxygen atoms in total. The molecule has 0 saturated carbocycles. The van der Waals surface area contributed by atoms with Gasteiger partial charge in [-0.15, -0.1) is 0 Å². The fourth-order valence-electron chi connectivity index (χ4n) is 0.877. The molecule has 0 radical (unpaired) electrons. The van der Waals surface area contributed by atoms with Crippen molar-refractivity contribution in [2.45, 2.75) is 26.4 Å². The number of anilines is 1. The Balaban J connectivity index is 2.83. The van der Waals surface area contributed by atoms with Crippen molar-refractivity contribution >= 4 is 27.7 Å². The van der Waals surface area contributed by atoms with Crippen molar-refractivity contribution < 1.29 is 9.90 Å². The van der Waals surface area contributed by atoms with Gasteiger partial charge in [0.05, 0.1) is 0 Å². The van der Waals surface area contributed by atoms with Crippen LogP contribution in [0.5, 0.6) is 0 Å². The number of hydrogen-bond acceptors (Lipinski definition) is 3. The van der Waals surface area contributed by atoms with Crippen LogP contribution in [0.2, 0.25) is 0 Å². The average molecular weight is 273 g/mol. The molecule has 0 fully saturated rings. The zero-order valence-corrected chi connectivity index (χ0v) is 10.4. The number of pyridine rings is 1. The van der Waals surface area contributed by atoms with E-state index in [1.807, 2.05) is 6.92 Å². The largest absolute Gasteiger partial charge is 0.381 e. The molecule has 1 heterocycles. The summed E-state index contributed by atoms with van der Waals surface area (Å²) in [4.78, 5) is 15.4. The van der Waals surface area contributed by atoms with Gasteiger partial charge in [-0.3, -0.25) is 4.79 Å². The highest BCUT2D eigenvalue weighted by Gasteiger charge is 2.23. The van der Waals surface area contributed by atoms with Gasteiger partial charge in [-0.25, -0.2) is 4.98 Å². The lowest BCUT2D eigenvalue weighted by atomic mass is 10.1. The molecule has 15 heavy (non-hydrogen) atoms. The first-order valence-corrected chi connectivity index (χ1v) is 5.26. The van der Waals surface area contributed by atoms with E-state index in [-0.39, 0.29) is 0 Å². The molecule has 0 unspecified atom stereocenters. The molecular formula is C10H13BrN2O2. The summed E-state index contributed by atoms with van der Waals surface area (Å²) in [5.74, 6) is -0.0421. The topological polar surface area (TPSA) is 62.2 Å². The molecule has 1 amide bonds. The van der Waals surface area contributed by atoms with Crippen LogP contribution in [0.3, 0.4) is 0 Å². The van der Waals surface area contributed by atoms with Gasteiger partial charge in [-0.2, -0.15) is 0 Å². The molecule has 0 saturated heterocycles. The maximum atomic E-state index is 11.4. The summed E-state index contributed by atoms with van der Waals surface area (Å²) in [5, 5.41) is 12.0. The zero-order valence-electron chi connectivity index (χ0n) is 8.84.